The zero-order valence-corrected chi connectivity index (χ0v) is 8.89. The molecule has 1 heterocycles. The van der Waals surface area contributed by atoms with Gasteiger partial charge in [0.15, 0.2) is 5.82 Å². The number of alkyl halides is 3. The lowest BCUT2D eigenvalue weighted by atomic mass is 10.1. The molecule has 0 aliphatic rings. The predicted molar refractivity (Wildman–Crippen MR) is 50.0 cm³/mol. The van der Waals surface area contributed by atoms with Crippen molar-refractivity contribution in [2.24, 2.45) is 0 Å². The highest BCUT2D eigenvalue weighted by Crippen LogP contribution is 2.28. The highest BCUT2D eigenvalue weighted by molar-refractivity contribution is 6.16. The monoisotopic (exact) mass is 253 g/mol. The number of aromatic nitrogens is 1. The molecule has 0 saturated heterocycles. The van der Waals surface area contributed by atoms with E-state index < -0.39 is 29.3 Å². The molecular formula is C9H7ClF3NO2. The topological polar surface area (TPSA) is 39.2 Å². The zero-order valence-electron chi connectivity index (χ0n) is 8.14. The zero-order chi connectivity index (χ0) is 12.3. The third-order valence-corrected chi connectivity index (χ3v) is 2.13. The molecule has 0 atom stereocenters. The molecule has 1 aromatic rings. The lowest BCUT2D eigenvalue weighted by Gasteiger charge is -2.09. The molecular weight excluding hydrogens is 247 g/mol. The molecule has 0 unspecified atom stereocenters. The number of carbonyl (C=O) groups is 1. The van der Waals surface area contributed by atoms with Crippen LogP contribution in [-0.2, 0) is 10.6 Å². The molecule has 0 aliphatic heterocycles. The van der Waals surface area contributed by atoms with Crippen LogP contribution < -0.4 is 0 Å². The number of ether oxygens (including phenoxy) is 1. The average Bonchev–Trinajstić information content (AvgIpc) is 2.26. The fourth-order valence-corrected chi connectivity index (χ4v) is 1.31. The van der Waals surface area contributed by atoms with Crippen molar-refractivity contribution in [3.63, 3.8) is 0 Å². The number of nitrogens with zero attached hydrogens (tertiary/aromatic N) is 1. The van der Waals surface area contributed by atoms with E-state index in [0.717, 1.165) is 13.3 Å². The second-order valence-corrected chi connectivity index (χ2v) is 3.04. The average molecular weight is 254 g/mol. The number of methoxy groups -OCH3 is 1. The molecule has 7 heteroatoms. The molecule has 0 bridgehead atoms. The second-order valence-electron chi connectivity index (χ2n) is 2.77. The largest absolute Gasteiger partial charge is 0.465 e. The lowest BCUT2D eigenvalue weighted by Crippen LogP contribution is -2.11. The van der Waals surface area contributed by atoms with E-state index in [1.807, 2.05) is 0 Å². The predicted octanol–water partition coefficient (Wildman–Crippen LogP) is 2.68. The summed E-state index contributed by atoms with van der Waals surface area (Å²) in [6.07, 6.45) is -2.31. The Bertz CT molecular complexity index is 412. The quantitative estimate of drug-likeness (QED) is 0.614. The Morgan fingerprint density at radius 2 is 2.25 bits per heavy atom. The van der Waals surface area contributed by atoms with Gasteiger partial charge in [0, 0.05) is 6.20 Å². The van der Waals surface area contributed by atoms with Crippen LogP contribution in [0.3, 0.4) is 0 Å². The molecule has 0 aromatic carbocycles. The summed E-state index contributed by atoms with van der Waals surface area (Å²) in [5, 5.41) is 0. The van der Waals surface area contributed by atoms with Crippen LogP contribution in [0.1, 0.15) is 28.0 Å². The summed E-state index contributed by atoms with van der Waals surface area (Å²) in [6.45, 7) is 0. The number of esters is 1. The van der Waals surface area contributed by atoms with E-state index in [1.54, 1.807) is 0 Å². The van der Waals surface area contributed by atoms with Crippen molar-refractivity contribution in [2.75, 3.05) is 7.11 Å². The Labute approximate surface area is 94.2 Å². The van der Waals surface area contributed by atoms with Crippen molar-refractivity contribution < 1.29 is 22.7 Å². The summed E-state index contributed by atoms with van der Waals surface area (Å²) in [7, 11) is 1.00. The molecule has 0 amide bonds. The van der Waals surface area contributed by atoms with Gasteiger partial charge < -0.3 is 4.74 Å². The minimum Gasteiger partial charge on any atom is -0.465 e. The summed E-state index contributed by atoms with van der Waals surface area (Å²) < 4.78 is 42.9. The van der Waals surface area contributed by atoms with E-state index >= 15 is 0 Å². The van der Waals surface area contributed by atoms with Crippen molar-refractivity contribution >= 4 is 17.6 Å². The van der Waals surface area contributed by atoms with Gasteiger partial charge in [-0.3, -0.25) is 4.98 Å². The summed E-state index contributed by atoms with van der Waals surface area (Å²) in [6, 6.07) is 0. The molecule has 0 radical (unpaired) electrons. The Balaban J connectivity index is 3.40. The lowest BCUT2D eigenvalue weighted by molar-refractivity contribution is 0.0586. The van der Waals surface area contributed by atoms with Gasteiger partial charge in [-0.25, -0.2) is 18.0 Å². The molecule has 16 heavy (non-hydrogen) atoms. The van der Waals surface area contributed by atoms with Gasteiger partial charge in [-0.2, -0.15) is 0 Å². The van der Waals surface area contributed by atoms with Crippen LogP contribution in [0, 0.1) is 5.82 Å². The maximum absolute atomic E-state index is 13.4. The molecule has 1 aromatic heterocycles. The normalized spacial score (nSPS) is 10.6. The maximum atomic E-state index is 13.4. The van der Waals surface area contributed by atoms with E-state index in [0.29, 0.717) is 0 Å². The number of hydrogen-bond donors (Lipinski definition) is 0. The molecule has 0 saturated carbocycles. The minimum atomic E-state index is -3.14. The fourth-order valence-electron chi connectivity index (χ4n) is 1.12. The van der Waals surface area contributed by atoms with E-state index in [2.05, 4.69) is 9.72 Å². The molecule has 0 N–H and O–H groups in total. The Hall–Kier alpha value is -1.30. The molecule has 1 rings (SSSR count). The van der Waals surface area contributed by atoms with Gasteiger partial charge in [-0.15, -0.1) is 11.6 Å². The smallest absolute Gasteiger partial charge is 0.340 e. The maximum Gasteiger partial charge on any atom is 0.340 e. The van der Waals surface area contributed by atoms with Gasteiger partial charge in [-0.05, 0) is 0 Å². The van der Waals surface area contributed by atoms with Gasteiger partial charge in [0.1, 0.15) is 0 Å². The number of carbonyl (C=O) groups excluding carboxylic acids is 1. The van der Waals surface area contributed by atoms with E-state index in [9.17, 15) is 18.0 Å². The van der Waals surface area contributed by atoms with Crippen LogP contribution in [0.2, 0.25) is 0 Å². The first-order valence-corrected chi connectivity index (χ1v) is 4.66. The van der Waals surface area contributed by atoms with Crippen LogP contribution in [0.5, 0.6) is 0 Å². The standard InChI is InChI=1S/C9H7ClF3NO2/c1-16-9(15)4-3-14-5(2-10)7(11)6(4)8(12)13/h3,8H,2H2,1H3. The number of pyridine rings is 1. The number of halogens is 4. The molecule has 0 aliphatic carbocycles. The Morgan fingerprint density at radius 3 is 2.69 bits per heavy atom. The van der Waals surface area contributed by atoms with Gasteiger partial charge in [-0.1, -0.05) is 0 Å². The summed E-state index contributed by atoms with van der Waals surface area (Å²) in [5.41, 5.74) is -1.95. The highest BCUT2D eigenvalue weighted by atomic mass is 35.5. The minimum absolute atomic E-state index is 0.329. The SMILES string of the molecule is COC(=O)c1cnc(CCl)c(F)c1C(F)F. The van der Waals surface area contributed by atoms with Crippen LogP contribution in [0.15, 0.2) is 6.20 Å². The summed E-state index contributed by atoms with van der Waals surface area (Å²) in [5.74, 6) is -2.69. The summed E-state index contributed by atoms with van der Waals surface area (Å²) in [4.78, 5) is 14.6. The van der Waals surface area contributed by atoms with E-state index in [1.165, 1.54) is 0 Å². The third-order valence-electron chi connectivity index (χ3n) is 1.88. The number of rotatable bonds is 3. The first kappa shape index (κ1) is 12.8. The third kappa shape index (κ3) is 2.27. The van der Waals surface area contributed by atoms with Crippen LogP contribution in [-0.4, -0.2) is 18.1 Å². The molecule has 3 nitrogen and oxygen atoms in total. The Kier molecular flexibility index (Phi) is 4.12. The van der Waals surface area contributed by atoms with E-state index in [4.69, 9.17) is 11.6 Å². The van der Waals surface area contributed by atoms with Crippen molar-refractivity contribution in [2.45, 2.75) is 12.3 Å². The van der Waals surface area contributed by atoms with Gasteiger partial charge in [0.2, 0.25) is 0 Å². The second kappa shape index (κ2) is 5.16. The van der Waals surface area contributed by atoms with Crippen molar-refractivity contribution in [3.05, 3.63) is 28.8 Å². The van der Waals surface area contributed by atoms with Gasteiger partial charge in [0.05, 0.1) is 29.8 Å². The molecule has 0 spiro atoms. The van der Waals surface area contributed by atoms with E-state index in [-0.39, 0.29) is 11.6 Å². The fraction of sp³-hybridized carbons (Fsp3) is 0.333. The number of hydrogen-bond acceptors (Lipinski definition) is 3. The van der Waals surface area contributed by atoms with Gasteiger partial charge >= 0.3 is 5.97 Å². The summed E-state index contributed by atoms with van der Waals surface area (Å²) >= 11 is 5.31. The van der Waals surface area contributed by atoms with Gasteiger partial charge in [0.25, 0.3) is 6.43 Å². The first-order valence-electron chi connectivity index (χ1n) is 4.12. The highest BCUT2D eigenvalue weighted by Gasteiger charge is 2.26. The van der Waals surface area contributed by atoms with Crippen molar-refractivity contribution in [3.8, 4) is 0 Å². The Morgan fingerprint density at radius 1 is 1.62 bits per heavy atom. The van der Waals surface area contributed by atoms with Crippen LogP contribution in [0.25, 0.3) is 0 Å². The molecule has 88 valence electrons. The van der Waals surface area contributed by atoms with Crippen LogP contribution >= 0.6 is 11.6 Å². The molecule has 0 fully saturated rings. The van der Waals surface area contributed by atoms with Crippen molar-refractivity contribution in [1.82, 2.24) is 4.98 Å². The van der Waals surface area contributed by atoms with Crippen molar-refractivity contribution in [1.29, 1.82) is 0 Å². The van der Waals surface area contributed by atoms with Crippen LogP contribution in [0.4, 0.5) is 13.2 Å². The first-order chi connectivity index (χ1) is 7.52.